The van der Waals surface area contributed by atoms with Gasteiger partial charge in [-0.2, -0.15) is 0 Å². The number of hydrogen-bond donors (Lipinski definition) is 0. The third-order valence-electron chi connectivity index (χ3n) is 0.454. The van der Waals surface area contributed by atoms with Gasteiger partial charge in [-0.1, -0.05) is 13.3 Å². The first kappa shape index (κ1) is 10.5. The molecule has 0 saturated heterocycles. The van der Waals surface area contributed by atoms with Crippen molar-refractivity contribution < 1.29 is 39.5 Å². The van der Waals surface area contributed by atoms with Gasteiger partial charge in [0.1, 0.15) is 0 Å². The minimum atomic E-state index is -0.961. The molecule has 0 amide bonds. The summed E-state index contributed by atoms with van der Waals surface area (Å²) in [5, 5.41) is 9.49. The predicted molar refractivity (Wildman–Crippen MR) is 19.9 cm³/mol. The molecule has 0 aliphatic carbocycles. The van der Waals surface area contributed by atoms with E-state index in [1.165, 1.54) is 0 Å². The van der Waals surface area contributed by atoms with Crippen LogP contribution in [0.4, 0.5) is 0 Å². The molecule has 0 aromatic carbocycles. The summed E-state index contributed by atoms with van der Waals surface area (Å²) < 4.78 is 0. The van der Waals surface area contributed by atoms with Crippen LogP contribution in [0.2, 0.25) is 0 Å². The second-order valence-corrected chi connectivity index (χ2v) is 1.12. The molecule has 7 heavy (non-hydrogen) atoms. The van der Waals surface area contributed by atoms with Crippen LogP contribution in [-0.4, -0.2) is 5.97 Å². The molecule has 0 rings (SSSR count). The summed E-state index contributed by atoms with van der Waals surface area (Å²) in [6.45, 7) is 1.80. The summed E-state index contributed by atoms with van der Waals surface area (Å²) in [7, 11) is 0. The first-order valence-electron chi connectivity index (χ1n) is 1.97. The predicted octanol–water partition coefficient (Wildman–Crippen LogP) is -3.46. The van der Waals surface area contributed by atoms with E-state index in [9.17, 15) is 9.90 Å². The summed E-state index contributed by atoms with van der Waals surface area (Å²) in [6, 6.07) is 0. The fraction of sp³-hybridized carbons (Fsp3) is 0.750. The van der Waals surface area contributed by atoms with E-state index in [1.807, 2.05) is 0 Å². The zero-order valence-electron chi connectivity index (χ0n) is 4.73. The van der Waals surface area contributed by atoms with Crippen molar-refractivity contribution in [1.29, 1.82) is 0 Å². The van der Waals surface area contributed by atoms with Crippen molar-refractivity contribution in [3.05, 3.63) is 0 Å². The van der Waals surface area contributed by atoms with Gasteiger partial charge < -0.3 is 9.90 Å². The van der Waals surface area contributed by atoms with Crippen LogP contribution in [0.1, 0.15) is 19.8 Å². The van der Waals surface area contributed by atoms with E-state index in [-0.39, 0.29) is 36.0 Å². The van der Waals surface area contributed by atoms with Gasteiger partial charge in [-0.05, 0) is 6.42 Å². The third-order valence-corrected chi connectivity index (χ3v) is 0.454. The minimum absolute atomic E-state index is 0. The summed E-state index contributed by atoms with van der Waals surface area (Å²) >= 11 is 0. The summed E-state index contributed by atoms with van der Waals surface area (Å²) in [5.74, 6) is -0.961. The normalized spacial score (nSPS) is 7.00. The first-order valence-corrected chi connectivity index (χ1v) is 1.97. The topological polar surface area (TPSA) is 40.1 Å². The average molecular weight is 111 g/mol. The molecule has 3 heteroatoms. The van der Waals surface area contributed by atoms with Crippen LogP contribution in [0, 0.1) is 0 Å². The van der Waals surface area contributed by atoms with Crippen LogP contribution in [0.5, 0.6) is 0 Å². The van der Waals surface area contributed by atoms with Crippen molar-refractivity contribution in [2.45, 2.75) is 19.8 Å². The Morgan fingerprint density at radius 2 is 2.14 bits per heavy atom. The van der Waals surface area contributed by atoms with Gasteiger partial charge >= 0.3 is 29.6 Å². The van der Waals surface area contributed by atoms with E-state index in [0.717, 1.165) is 0 Å². The smallest absolute Gasteiger partial charge is 0.550 e. The molecule has 0 aromatic rings. The largest absolute Gasteiger partial charge is 1.00 e. The van der Waals surface area contributed by atoms with Gasteiger partial charge in [0.25, 0.3) is 0 Å². The Morgan fingerprint density at radius 3 is 2.14 bits per heavy atom. The van der Waals surface area contributed by atoms with Crippen LogP contribution in [-0.2, 0) is 4.79 Å². The second-order valence-electron chi connectivity index (χ2n) is 1.12. The van der Waals surface area contributed by atoms with Gasteiger partial charge in [0.2, 0.25) is 0 Å². The number of carbonyl (C=O) groups is 1. The van der Waals surface area contributed by atoms with Gasteiger partial charge in [0.15, 0.2) is 0 Å². The summed E-state index contributed by atoms with van der Waals surface area (Å²) in [4.78, 5) is 9.49. The maximum atomic E-state index is 9.49. The third kappa shape index (κ3) is 10.7. The Labute approximate surface area is 65.2 Å². The summed E-state index contributed by atoms with van der Waals surface area (Å²) in [5.41, 5.74) is 0. The van der Waals surface area contributed by atoms with E-state index < -0.39 is 5.97 Å². The Bertz CT molecular complexity index is 53.7. The molecule has 0 saturated carbocycles. The van der Waals surface area contributed by atoms with Crippen molar-refractivity contribution in [2.24, 2.45) is 0 Å². The number of carbonyl (C=O) groups excluding carboxylic acids is 1. The molecule has 0 N–H and O–H groups in total. The Hall–Kier alpha value is 0.470. The zero-order chi connectivity index (χ0) is 4.99. The molecule has 0 aliphatic heterocycles. The molecule has 0 spiro atoms. The maximum Gasteiger partial charge on any atom is 1.00 e. The number of rotatable bonds is 2. The minimum Gasteiger partial charge on any atom is -0.550 e. The van der Waals surface area contributed by atoms with Crippen molar-refractivity contribution in [2.75, 3.05) is 0 Å². The molecule has 0 unspecified atom stereocenters. The molecule has 0 fully saturated rings. The molecule has 0 atom stereocenters. The summed E-state index contributed by atoms with van der Waals surface area (Å²) in [6.07, 6.45) is 0.850. The van der Waals surface area contributed by atoms with E-state index >= 15 is 0 Å². The average Bonchev–Trinajstić information content (AvgIpc) is 1.35. The number of hydrogen-bond acceptors (Lipinski definition) is 2. The monoisotopic (exact) mass is 111 g/mol. The first-order chi connectivity index (χ1) is 2.77. The van der Waals surface area contributed by atoms with Crippen molar-refractivity contribution in [3.63, 3.8) is 0 Å². The van der Waals surface area contributed by atoms with Crippen LogP contribution in [0.3, 0.4) is 0 Å². The van der Waals surface area contributed by atoms with E-state index in [1.54, 1.807) is 6.92 Å². The Balaban J connectivity index is 0. The molecule has 0 bridgehead atoms. The molecule has 0 aliphatic rings. The molecule has 36 valence electrons. The van der Waals surface area contributed by atoms with Crippen LogP contribution >= 0.6 is 0 Å². The van der Waals surface area contributed by atoms with Gasteiger partial charge in [0, 0.05) is 5.97 Å². The van der Waals surface area contributed by atoms with Crippen LogP contribution in [0.25, 0.3) is 0 Å². The Kier molecular flexibility index (Phi) is 9.66. The van der Waals surface area contributed by atoms with E-state index in [0.29, 0.717) is 6.42 Å². The quantitative estimate of drug-likeness (QED) is 0.274. The number of carboxylic acids is 1. The van der Waals surface area contributed by atoms with E-state index in [4.69, 9.17) is 0 Å². The molecular weight excluding hydrogens is 104 g/mol. The van der Waals surface area contributed by atoms with Gasteiger partial charge in [-0.15, -0.1) is 0 Å². The van der Waals surface area contributed by atoms with Gasteiger partial charge in [0.05, 0.1) is 0 Å². The van der Waals surface area contributed by atoms with Gasteiger partial charge in [-0.3, -0.25) is 0 Å². The van der Waals surface area contributed by atoms with Crippen molar-refractivity contribution in [3.8, 4) is 0 Å². The molecule has 0 aromatic heterocycles. The van der Waals surface area contributed by atoms with Crippen LogP contribution in [0.15, 0.2) is 0 Å². The van der Waals surface area contributed by atoms with Crippen LogP contribution < -0.4 is 34.7 Å². The molecule has 0 radical (unpaired) electrons. The zero-order valence-corrected chi connectivity index (χ0v) is 6.73. The number of aliphatic carboxylic acids is 1. The maximum absolute atomic E-state index is 9.49. The molecule has 2 nitrogen and oxygen atoms in total. The SMILES string of the molecule is C[13CH2]CC(=O)[O-].[Na+]. The van der Waals surface area contributed by atoms with Crippen molar-refractivity contribution in [1.82, 2.24) is 0 Å². The molecule has 0 heterocycles. The van der Waals surface area contributed by atoms with Crippen molar-refractivity contribution >= 4 is 5.97 Å². The fourth-order valence-electron chi connectivity index (χ4n) is 0.204. The van der Waals surface area contributed by atoms with E-state index in [2.05, 4.69) is 0 Å². The fourth-order valence-corrected chi connectivity index (χ4v) is 0.204. The molecular formula is C4H7NaO2. The Morgan fingerprint density at radius 1 is 1.71 bits per heavy atom. The van der Waals surface area contributed by atoms with Gasteiger partial charge in [-0.25, -0.2) is 0 Å². The second kappa shape index (κ2) is 6.47. The standard InChI is InChI=1S/C4H8O2.Na/c1-2-3-4(5)6;/h2-3H2,1H3,(H,5,6);/q;+1/p-1/i2+1;. The number of carboxylic acid groups (broad SMARTS) is 1.